The van der Waals surface area contributed by atoms with Gasteiger partial charge in [0, 0.05) is 38.2 Å². The quantitative estimate of drug-likeness (QED) is 0.0880. The minimum Gasteiger partial charge on any atom is -0.307 e. The summed E-state index contributed by atoms with van der Waals surface area (Å²) in [7, 11) is 0. The van der Waals surface area contributed by atoms with E-state index in [9.17, 15) is 0 Å². The maximum atomic E-state index is 4.79. The Hall–Kier alpha value is -7.89. The van der Waals surface area contributed by atoms with Gasteiger partial charge >= 0.3 is 0 Å². The van der Waals surface area contributed by atoms with Gasteiger partial charge in [0.15, 0.2) is 5.84 Å². The average molecular weight is 772 g/mol. The van der Waals surface area contributed by atoms with Crippen LogP contribution in [0.3, 0.4) is 0 Å². The number of amidine groups is 1. The van der Waals surface area contributed by atoms with Crippen LogP contribution in [-0.2, 0) is 13.1 Å². The van der Waals surface area contributed by atoms with Gasteiger partial charge in [0.25, 0.3) is 0 Å². The predicted octanol–water partition coefficient (Wildman–Crippen LogP) is 13.7. The Balaban J connectivity index is 0.000000429. The molecule has 0 spiro atoms. The van der Waals surface area contributed by atoms with Gasteiger partial charge < -0.3 is 8.97 Å². The predicted molar refractivity (Wildman–Crippen MR) is 256 cm³/mol. The van der Waals surface area contributed by atoms with Crippen molar-refractivity contribution in [2.45, 2.75) is 13.1 Å². The van der Waals surface area contributed by atoms with Crippen molar-refractivity contribution < 1.29 is 0 Å². The zero-order valence-corrected chi connectivity index (χ0v) is 33.1. The van der Waals surface area contributed by atoms with Crippen molar-refractivity contribution in [2.24, 2.45) is 15.0 Å². The summed E-state index contributed by atoms with van der Waals surface area (Å²) in [5, 5.41) is 7.50. The number of aliphatic imine (C=N–C) groups is 3. The second kappa shape index (κ2) is 15.8. The summed E-state index contributed by atoms with van der Waals surface area (Å²) in [5.74, 6) is 0.655. The van der Waals surface area contributed by atoms with Crippen molar-refractivity contribution in [1.82, 2.24) is 8.97 Å². The molecular formula is C55H41N5. The molecular weight excluding hydrogens is 731 g/mol. The highest BCUT2D eigenvalue weighted by atomic mass is 15.0. The summed E-state index contributed by atoms with van der Waals surface area (Å²) in [5.41, 5.74) is 12.8. The normalized spacial score (nSPS) is 11.7. The van der Waals surface area contributed by atoms with E-state index >= 15 is 0 Å². The van der Waals surface area contributed by atoms with Crippen molar-refractivity contribution in [2.75, 3.05) is 0 Å². The molecule has 0 aliphatic heterocycles. The van der Waals surface area contributed by atoms with E-state index in [1.807, 2.05) is 60.7 Å². The molecule has 286 valence electrons. The van der Waals surface area contributed by atoms with E-state index in [1.54, 1.807) is 0 Å². The lowest BCUT2D eigenvalue weighted by Gasteiger charge is -2.15. The topological polar surface area (TPSA) is 46.4 Å². The Labute approximate surface area is 348 Å². The SMILES string of the molecule is C=NC(=NCc1cccc(-c2ccc(-n3c4ccccc4c4ccc5c6ccccc6c6cc7ccccc7n6c5c43)cc2)c1)c1ccccc1.C=NCc1ccccc1. The average Bonchev–Trinajstić information content (AvgIpc) is 3.87. The van der Waals surface area contributed by atoms with Crippen LogP contribution in [0.15, 0.2) is 215 Å². The smallest absolute Gasteiger partial charge is 0.154 e. The fraction of sp³-hybridized carbons (Fsp3) is 0.0364. The van der Waals surface area contributed by atoms with Crippen LogP contribution in [0.25, 0.3) is 76.7 Å². The van der Waals surface area contributed by atoms with E-state index in [0.29, 0.717) is 12.4 Å². The molecule has 3 aromatic heterocycles. The minimum absolute atomic E-state index is 0.529. The molecule has 0 saturated carbocycles. The zero-order chi connectivity index (χ0) is 40.4. The molecule has 0 unspecified atom stereocenters. The van der Waals surface area contributed by atoms with Crippen molar-refractivity contribution in [1.29, 1.82) is 0 Å². The molecule has 0 amide bonds. The van der Waals surface area contributed by atoms with Crippen LogP contribution in [-0.4, -0.2) is 28.2 Å². The second-order valence-electron chi connectivity index (χ2n) is 15.0. The molecule has 3 heterocycles. The van der Waals surface area contributed by atoms with Crippen LogP contribution < -0.4 is 0 Å². The van der Waals surface area contributed by atoms with Crippen LogP contribution in [0.4, 0.5) is 0 Å². The van der Waals surface area contributed by atoms with E-state index in [2.05, 4.69) is 172 Å². The third-order valence-electron chi connectivity index (χ3n) is 11.4. The molecule has 0 N–H and O–H groups in total. The third kappa shape index (κ3) is 6.52. The van der Waals surface area contributed by atoms with E-state index in [0.717, 1.165) is 34.5 Å². The monoisotopic (exact) mass is 771 g/mol. The van der Waals surface area contributed by atoms with Crippen LogP contribution in [0.5, 0.6) is 0 Å². The second-order valence-corrected chi connectivity index (χ2v) is 15.0. The van der Waals surface area contributed by atoms with Crippen LogP contribution in [0.1, 0.15) is 16.7 Å². The lowest BCUT2D eigenvalue weighted by molar-refractivity contribution is 1.06. The zero-order valence-electron chi connectivity index (χ0n) is 33.1. The molecule has 0 radical (unpaired) electrons. The van der Waals surface area contributed by atoms with Crippen LogP contribution in [0.2, 0.25) is 0 Å². The summed E-state index contributed by atoms with van der Waals surface area (Å²) in [4.78, 5) is 12.7. The van der Waals surface area contributed by atoms with Gasteiger partial charge in [0.2, 0.25) is 0 Å². The van der Waals surface area contributed by atoms with E-state index in [4.69, 9.17) is 4.99 Å². The molecule has 0 fully saturated rings. The van der Waals surface area contributed by atoms with Crippen molar-refractivity contribution in [3.63, 3.8) is 0 Å². The highest BCUT2D eigenvalue weighted by Crippen LogP contribution is 2.41. The number of benzene rings is 8. The van der Waals surface area contributed by atoms with Gasteiger partial charge in [0.1, 0.15) is 0 Å². The van der Waals surface area contributed by atoms with E-state index in [1.165, 1.54) is 65.5 Å². The number of aromatic nitrogens is 2. The first kappa shape index (κ1) is 36.5. The Morgan fingerprint density at radius 2 is 1.05 bits per heavy atom. The maximum Gasteiger partial charge on any atom is 0.154 e. The van der Waals surface area contributed by atoms with Gasteiger partial charge in [-0.2, -0.15) is 0 Å². The number of hydrogen-bond acceptors (Lipinski definition) is 2. The minimum atomic E-state index is 0.529. The first-order valence-electron chi connectivity index (χ1n) is 20.2. The summed E-state index contributed by atoms with van der Waals surface area (Å²) in [6.07, 6.45) is 0. The van der Waals surface area contributed by atoms with Gasteiger partial charge in [0.05, 0.1) is 40.7 Å². The number of nitrogens with zero attached hydrogens (tertiary/aromatic N) is 5. The van der Waals surface area contributed by atoms with E-state index in [-0.39, 0.29) is 0 Å². The lowest BCUT2D eigenvalue weighted by Crippen LogP contribution is -1.98. The number of rotatable bonds is 7. The molecule has 0 aliphatic carbocycles. The fourth-order valence-corrected chi connectivity index (χ4v) is 8.64. The summed E-state index contributed by atoms with van der Waals surface area (Å²) < 4.78 is 4.94. The van der Waals surface area contributed by atoms with Crippen molar-refractivity contribution in [3.8, 4) is 16.8 Å². The summed E-state index contributed by atoms with van der Waals surface area (Å²) in [6, 6.07) is 71.0. The first-order valence-corrected chi connectivity index (χ1v) is 20.2. The molecule has 5 nitrogen and oxygen atoms in total. The van der Waals surface area contributed by atoms with Gasteiger partial charge in [-0.1, -0.05) is 164 Å². The Bertz CT molecular complexity index is 3390. The summed E-state index contributed by atoms with van der Waals surface area (Å²) >= 11 is 0. The molecule has 0 atom stereocenters. The van der Waals surface area contributed by atoms with Crippen LogP contribution >= 0.6 is 0 Å². The Kier molecular flexibility index (Phi) is 9.60. The number of fused-ring (bicyclic) bond motifs is 12. The molecule has 60 heavy (non-hydrogen) atoms. The lowest BCUT2D eigenvalue weighted by atomic mass is 10.0. The highest BCUT2D eigenvalue weighted by Gasteiger charge is 2.20. The number of pyridine rings is 1. The molecule has 11 rings (SSSR count). The first-order chi connectivity index (χ1) is 29.7. The fourth-order valence-electron chi connectivity index (χ4n) is 8.64. The third-order valence-corrected chi connectivity index (χ3v) is 11.4. The Morgan fingerprint density at radius 3 is 1.78 bits per heavy atom. The summed E-state index contributed by atoms with van der Waals surface area (Å²) in [6.45, 7) is 8.41. The van der Waals surface area contributed by atoms with Gasteiger partial charge in [-0.3, -0.25) is 9.98 Å². The molecule has 0 aliphatic rings. The van der Waals surface area contributed by atoms with E-state index < -0.39 is 0 Å². The number of para-hydroxylation sites is 2. The molecule has 0 saturated heterocycles. The molecule has 5 heteroatoms. The largest absolute Gasteiger partial charge is 0.307 e. The van der Waals surface area contributed by atoms with Gasteiger partial charge in [-0.05, 0) is 77.5 Å². The van der Waals surface area contributed by atoms with Gasteiger partial charge in [-0.25, -0.2) is 4.99 Å². The van der Waals surface area contributed by atoms with Gasteiger partial charge in [-0.15, -0.1) is 0 Å². The molecule has 11 aromatic rings. The van der Waals surface area contributed by atoms with Crippen molar-refractivity contribution >= 4 is 79.2 Å². The Morgan fingerprint density at radius 1 is 0.433 bits per heavy atom. The molecule has 0 bridgehead atoms. The standard InChI is InChI=1S/C47H32N4.C8H9N/c1-48-47(33-13-3-2-4-14-33)49-30-31-12-11-16-34(28-31)32-22-24-36(25-23-32)50-43-21-10-8-19-39(43)41-27-26-40-37-17-6-7-18-38(37)44-29-35-15-5-9-20-42(35)51(44)46(40)45(41)50;1-9-7-8-5-3-2-4-6-8/h2-29H,1,30H2;2-6H,1,7H2. The highest BCUT2D eigenvalue weighted by molar-refractivity contribution is 6.25. The maximum absolute atomic E-state index is 4.79. The van der Waals surface area contributed by atoms with Crippen molar-refractivity contribution in [3.05, 3.63) is 217 Å². The van der Waals surface area contributed by atoms with Crippen LogP contribution in [0, 0.1) is 0 Å². The number of hydrogen-bond donors (Lipinski definition) is 0. The molecule has 8 aromatic carbocycles.